The van der Waals surface area contributed by atoms with Crippen LogP contribution < -0.4 is 4.74 Å². The van der Waals surface area contributed by atoms with Gasteiger partial charge >= 0.3 is 0 Å². The Hall–Kier alpha value is -3.07. The number of aryl methyl sites for hydroxylation is 1. The molecule has 0 spiro atoms. The Kier molecular flexibility index (Phi) is 4.21. The van der Waals surface area contributed by atoms with Crippen LogP contribution in [-0.2, 0) is 11.2 Å². The Labute approximate surface area is 146 Å². The minimum atomic E-state index is 0.103. The van der Waals surface area contributed by atoms with Crippen LogP contribution in [0.5, 0.6) is 5.75 Å². The summed E-state index contributed by atoms with van der Waals surface area (Å²) in [6.07, 6.45) is 5.57. The summed E-state index contributed by atoms with van der Waals surface area (Å²) in [7, 11) is 0. The molecule has 3 aromatic rings. The number of allylic oxidation sites excluding steroid dienone is 1. The number of furan rings is 1. The maximum Gasteiger partial charge on any atom is 0.159 e. The zero-order chi connectivity index (χ0) is 17.1. The van der Waals surface area contributed by atoms with Gasteiger partial charge < -0.3 is 9.15 Å². The Balaban J connectivity index is 1.70. The van der Waals surface area contributed by atoms with Gasteiger partial charge in [0.2, 0.25) is 0 Å². The molecule has 0 aliphatic heterocycles. The third-order valence-corrected chi connectivity index (χ3v) is 4.31. The smallest absolute Gasteiger partial charge is 0.159 e. The van der Waals surface area contributed by atoms with Crippen molar-refractivity contribution in [3.05, 3.63) is 84.1 Å². The van der Waals surface area contributed by atoms with Gasteiger partial charge in [0.25, 0.3) is 0 Å². The second kappa shape index (κ2) is 6.81. The van der Waals surface area contributed by atoms with Gasteiger partial charge in [-0.3, -0.25) is 4.79 Å². The molecule has 0 fully saturated rings. The lowest BCUT2D eigenvalue weighted by atomic mass is 9.96. The number of carbonyl (C=O) groups is 1. The van der Waals surface area contributed by atoms with Crippen LogP contribution >= 0.6 is 0 Å². The number of hydrogen-bond acceptors (Lipinski definition) is 3. The first kappa shape index (κ1) is 15.5. The molecule has 0 radical (unpaired) electrons. The lowest BCUT2D eigenvalue weighted by Crippen LogP contribution is -2.07. The van der Waals surface area contributed by atoms with Crippen molar-refractivity contribution in [3.8, 4) is 17.1 Å². The number of carbonyl (C=O) groups excluding carboxylic acids is 1. The number of benzene rings is 2. The van der Waals surface area contributed by atoms with Crippen LogP contribution in [0, 0.1) is 0 Å². The van der Waals surface area contributed by atoms with Crippen LogP contribution in [0.25, 0.3) is 17.1 Å². The lowest BCUT2D eigenvalue weighted by molar-refractivity contribution is -0.114. The molecular formula is C22H18O3. The van der Waals surface area contributed by atoms with Gasteiger partial charge in [0.05, 0.1) is 6.26 Å². The van der Waals surface area contributed by atoms with E-state index in [1.54, 1.807) is 12.3 Å². The minimum absolute atomic E-state index is 0.103. The van der Waals surface area contributed by atoms with Crippen molar-refractivity contribution >= 4 is 11.5 Å². The van der Waals surface area contributed by atoms with E-state index in [-0.39, 0.29) is 5.78 Å². The van der Waals surface area contributed by atoms with Gasteiger partial charge in [-0.25, -0.2) is 0 Å². The fraction of sp³-hybridized carbons (Fsp3) is 0.136. The van der Waals surface area contributed by atoms with Crippen LogP contribution in [-0.4, -0.2) is 5.78 Å². The molecule has 0 saturated carbocycles. The molecule has 0 atom stereocenters. The summed E-state index contributed by atoms with van der Waals surface area (Å²) in [6.45, 7) is 0. The van der Waals surface area contributed by atoms with Gasteiger partial charge in [-0.1, -0.05) is 36.4 Å². The van der Waals surface area contributed by atoms with E-state index < -0.39 is 0 Å². The number of fused-ring (bicyclic) bond motifs is 1. The quantitative estimate of drug-likeness (QED) is 0.656. The maximum atomic E-state index is 12.1. The molecule has 124 valence electrons. The van der Waals surface area contributed by atoms with Gasteiger partial charge in [0, 0.05) is 23.6 Å². The summed E-state index contributed by atoms with van der Waals surface area (Å²) >= 11 is 0. The molecule has 0 saturated heterocycles. The molecule has 25 heavy (non-hydrogen) atoms. The molecule has 3 nitrogen and oxygen atoms in total. The fourth-order valence-corrected chi connectivity index (χ4v) is 3.09. The molecular weight excluding hydrogens is 312 g/mol. The molecule has 1 aromatic heterocycles. The number of hydrogen-bond donors (Lipinski definition) is 0. The molecule has 3 heteroatoms. The molecule has 2 aromatic carbocycles. The van der Waals surface area contributed by atoms with E-state index >= 15 is 0 Å². The van der Waals surface area contributed by atoms with E-state index in [0.29, 0.717) is 17.9 Å². The van der Waals surface area contributed by atoms with Crippen molar-refractivity contribution in [2.24, 2.45) is 0 Å². The van der Waals surface area contributed by atoms with E-state index in [2.05, 4.69) is 6.07 Å². The largest absolute Gasteiger partial charge is 0.464 e. The number of ketones is 1. The van der Waals surface area contributed by atoms with Crippen LogP contribution in [0.1, 0.15) is 24.0 Å². The van der Waals surface area contributed by atoms with Gasteiger partial charge in [0.15, 0.2) is 5.78 Å². The first-order chi connectivity index (χ1) is 12.3. The highest BCUT2D eigenvalue weighted by molar-refractivity contribution is 5.96. The second-order valence-electron chi connectivity index (χ2n) is 6.09. The summed E-state index contributed by atoms with van der Waals surface area (Å²) in [5.41, 5.74) is 3.14. The third kappa shape index (κ3) is 3.41. The highest BCUT2D eigenvalue weighted by atomic mass is 16.5. The molecule has 0 bridgehead atoms. The van der Waals surface area contributed by atoms with Gasteiger partial charge in [-0.05, 0) is 42.7 Å². The first-order valence-electron chi connectivity index (χ1n) is 8.44. The average molecular weight is 330 g/mol. The van der Waals surface area contributed by atoms with E-state index in [1.165, 1.54) is 5.56 Å². The molecule has 1 aliphatic carbocycles. The number of rotatable bonds is 3. The van der Waals surface area contributed by atoms with Crippen molar-refractivity contribution in [2.45, 2.75) is 19.3 Å². The molecule has 0 amide bonds. The first-order valence-corrected chi connectivity index (χ1v) is 8.44. The van der Waals surface area contributed by atoms with Crippen LogP contribution in [0.2, 0.25) is 0 Å². The highest BCUT2D eigenvalue weighted by Gasteiger charge is 2.15. The minimum Gasteiger partial charge on any atom is -0.464 e. The zero-order valence-electron chi connectivity index (χ0n) is 13.8. The summed E-state index contributed by atoms with van der Waals surface area (Å²) in [5, 5.41) is 0. The molecule has 1 heterocycles. The van der Waals surface area contributed by atoms with Gasteiger partial charge in [0.1, 0.15) is 17.3 Å². The highest BCUT2D eigenvalue weighted by Crippen LogP contribution is 2.30. The molecule has 1 aliphatic rings. The van der Waals surface area contributed by atoms with Crippen LogP contribution in [0.15, 0.2) is 77.4 Å². The molecule has 4 rings (SSSR count). The summed E-state index contributed by atoms with van der Waals surface area (Å²) in [6, 6.07) is 19.6. The van der Waals surface area contributed by atoms with Crippen molar-refractivity contribution < 1.29 is 13.9 Å². The van der Waals surface area contributed by atoms with Gasteiger partial charge in [-0.2, -0.15) is 0 Å². The van der Waals surface area contributed by atoms with E-state index in [0.717, 1.165) is 29.7 Å². The Bertz CT molecular complexity index is 920. The van der Waals surface area contributed by atoms with Crippen molar-refractivity contribution in [3.63, 3.8) is 0 Å². The third-order valence-electron chi connectivity index (χ3n) is 4.31. The monoisotopic (exact) mass is 330 g/mol. The number of ether oxygens (including phenoxy) is 1. The fourth-order valence-electron chi connectivity index (χ4n) is 3.09. The van der Waals surface area contributed by atoms with Gasteiger partial charge in [-0.15, -0.1) is 0 Å². The second-order valence-corrected chi connectivity index (χ2v) is 6.09. The van der Waals surface area contributed by atoms with E-state index in [1.807, 2.05) is 54.6 Å². The average Bonchev–Trinajstić information content (AvgIpc) is 3.15. The Morgan fingerprint density at radius 1 is 0.920 bits per heavy atom. The lowest BCUT2D eigenvalue weighted by Gasteiger charge is -2.16. The predicted molar refractivity (Wildman–Crippen MR) is 97.1 cm³/mol. The zero-order valence-corrected chi connectivity index (χ0v) is 13.8. The molecule has 0 N–H and O–H groups in total. The topological polar surface area (TPSA) is 39.4 Å². The van der Waals surface area contributed by atoms with Crippen LogP contribution in [0.3, 0.4) is 0 Å². The Morgan fingerprint density at radius 2 is 1.84 bits per heavy atom. The summed E-state index contributed by atoms with van der Waals surface area (Å²) < 4.78 is 11.6. The Morgan fingerprint density at radius 3 is 2.72 bits per heavy atom. The summed E-state index contributed by atoms with van der Waals surface area (Å²) in [5.74, 6) is 2.18. The predicted octanol–water partition coefficient (Wildman–Crippen LogP) is 5.27. The standard InChI is InChI=1S/C22H18O3/c23-18-9-3-7-16-6-1-2-11-20(16)22(15-18)25-19-10-4-8-17(14-19)21-12-5-13-24-21/h1-2,4-6,8,10-15H,3,7,9H2. The molecule has 0 unspecified atom stereocenters. The maximum absolute atomic E-state index is 12.1. The SMILES string of the molecule is O=C1C=C(Oc2cccc(-c3ccco3)c2)c2ccccc2CCC1. The van der Waals surface area contributed by atoms with Crippen molar-refractivity contribution in [1.82, 2.24) is 0 Å². The van der Waals surface area contributed by atoms with E-state index in [4.69, 9.17) is 9.15 Å². The van der Waals surface area contributed by atoms with Crippen molar-refractivity contribution in [2.75, 3.05) is 0 Å². The summed E-state index contributed by atoms with van der Waals surface area (Å²) in [4.78, 5) is 12.1. The van der Waals surface area contributed by atoms with Crippen LogP contribution in [0.4, 0.5) is 0 Å². The van der Waals surface area contributed by atoms with E-state index in [9.17, 15) is 4.79 Å². The normalized spacial score (nSPS) is 14.2. The van der Waals surface area contributed by atoms with Crippen molar-refractivity contribution in [1.29, 1.82) is 0 Å².